The molecule has 1 N–H and O–H groups in total. The van der Waals surface area contributed by atoms with Gasteiger partial charge >= 0.3 is 11.9 Å². The van der Waals surface area contributed by atoms with Crippen molar-refractivity contribution in [1.29, 1.82) is 0 Å². The van der Waals surface area contributed by atoms with E-state index in [9.17, 15) is 22.4 Å². The first kappa shape index (κ1) is 12.2. The van der Waals surface area contributed by atoms with Gasteiger partial charge in [0.05, 0.1) is 0 Å². The number of aliphatic carboxylic acids is 1. The van der Waals surface area contributed by atoms with Crippen LogP contribution in [-0.4, -0.2) is 17.0 Å². The van der Waals surface area contributed by atoms with E-state index < -0.39 is 23.5 Å². The highest BCUT2D eigenvalue weighted by Gasteiger charge is 2.35. The lowest BCUT2D eigenvalue weighted by Crippen LogP contribution is -2.24. The van der Waals surface area contributed by atoms with Crippen LogP contribution in [0.4, 0.5) is 17.6 Å². The van der Waals surface area contributed by atoms with Gasteiger partial charge in [0, 0.05) is 6.07 Å². The van der Waals surface area contributed by atoms with E-state index in [0.29, 0.717) is 12.1 Å². The van der Waals surface area contributed by atoms with Crippen LogP contribution in [0.2, 0.25) is 0 Å². The average molecular weight is 234 g/mol. The maximum absolute atomic E-state index is 12.6. The molecule has 0 saturated heterocycles. The van der Waals surface area contributed by atoms with E-state index >= 15 is 0 Å². The Balaban J connectivity index is 2.96. The summed E-state index contributed by atoms with van der Waals surface area (Å²) in [6.45, 7) is 0. The number of carboxylic acid groups (broad SMARTS) is 1. The molecule has 86 valence electrons. The van der Waals surface area contributed by atoms with E-state index in [1.165, 1.54) is 0 Å². The Morgan fingerprint density at radius 3 is 2.12 bits per heavy atom. The van der Waals surface area contributed by atoms with Gasteiger partial charge < -0.3 is 5.11 Å². The Hall–Kier alpha value is -1.85. The lowest BCUT2D eigenvalue weighted by molar-refractivity contribution is -0.157. The molecule has 0 saturated carbocycles. The molecule has 0 atom stereocenters. The standard InChI is InChI=1S/C10H6F4O2/c11-7-3-6(4-8(12)5-7)1-2-10(13,14)9(15)16/h1-5H,(H,15,16)/b2-1+. The predicted octanol–water partition coefficient (Wildman–Crippen LogP) is 2.70. The van der Waals surface area contributed by atoms with Crippen LogP contribution in [0.25, 0.3) is 6.08 Å². The van der Waals surface area contributed by atoms with Crippen LogP contribution >= 0.6 is 0 Å². The number of carbonyl (C=O) groups is 1. The van der Waals surface area contributed by atoms with Gasteiger partial charge in [-0.25, -0.2) is 13.6 Å². The summed E-state index contributed by atoms with van der Waals surface area (Å²) in [6.07, 6.45) is 0.698. The first-order valence-electron chi connectivity index (χ1n) is 4.08. The zero-order valence-corrected chi connectivity index (χ0v) is 7.75. The molecule has 2 nitrogen and oxygen atoms in total. The van der Waals surface area contributed by atoms with Crippen molar-refractivity contribution in [3.63, 3.8) is 0 Å². The summed E-state index contributed by atoms with van der Waals surface area (Å²) < 4.78 is 50.4. The molecule has 0 heterocycles. The Morgan fingerprint density at radius 2 is 1.69 bits per heavy atom. The Bertz CT molecular complexity index is 420. The van der Waals surface area contributed by atoms with E-state index in [0.717, 1.165) is 12.1 Å². The summed E-state index contributed by atoms with van der Waals surface area (Å²) in [5, 5.41) is 8.08. The molecule has 0 amide bonds. The number of carboxylic acids is 1. The van der Waals surface area contributed by atoms with Crippen LogP contribution in [0.1, 0.15) is 5.56 Å². The molecule has 0 aliphatic carbocycles. The maximum atomic E-state index is 12.6. The highest BCUT2D eigenvalue weighted by Crippen LogP contribution is 2.18. The summed E-state index contributed by atoms with van der Waals surface area (Å²) in [5.41, 5.74) is -0.182. The average Bonchev–Trinajstić information content (AvgIpc) is 2.13. The van der Waals surface area contributed by atoms with Crippen molar-refractivity contribution in [2.75, 3.05) is 0 Å². The van der Waals surface area contributed by atoms with Gasteiger partial charge in [-0.05, 0) is 23.8 Å². The summed E-state index contributed by atoms with van der Waals surface area (Å²) in [6, 6.07) is 2.18. The minimum Gasteiger partial charge on any atom is -0.477 e. The lowest BCUT2D eigenvalue weighted by atomic mass is 10.1. The van der Waals surface area contributed by atoms with Gasteiger partial charge in [-0.1, -0.05) is 6.08 Å². The molecular weight excluding hydrogens is 228 g/mol. The van der Waals surface area contributed by atoms with Gasteiger partial charge in [0.15, 0.2) is 0 Å². The fourth-order valence-electron chi connectivity index (χ4n) is 0.944. The van der Waals surface area contributed by atoms with E-state index in [2.05, 4.69) is 0 Å². The second-order valence-corrected chi connectivity index (χ2v) is 2.96. The van der Waals surface area contributed by atoms with Crippen LogP contribution in [0.15, 0.2) is 24.3 Å². The van der Waals surface area contributed by atoms with Gasteiger partial charge in [-0.3, -0.25) is 0 Å². The minimum atomic E-state index is -4.07. The maximum Gasteiger partial charge on any atom is 0.378 e. The van der Waals surface area contributed by atoms with Crippen molar-refractivity contribution in [2.24, 2.45) is 0 Å². The molecule has 1 rings (SSSR count). The Labute approximate surface area is 87.8 Å². The molecule has 1 aromatic carbocycles. The van der Waals surface area contributed by atoms with E-state index in [-0.39, 0.29) is 11.6 Å². The van der Waals surface area contributed by atoms with Crippen molar-refractivity contribution in [3.05, 3.63) is 41.5 Å². The molecule has 0 fully saturated rings. The molecule has 0 radical (unpaired) electrons. The smallest absolute Gasteiger partial charge is 0.378 e. The Kier molecular flexibility index (Phi) is 3.31. The van der Waals surface area contributed by atoms with Crippen LogP contribution in [-0.2, 0) is 4.79 Å². The highest BCUT2D eigenvalue weighted by atomic mass is 19.3. The first-order chi connectivity index (χ1) is 7.31. The van der Waals surface area contributed by atoms with Gasteiger partial charge in [0.25, 0.3) is 0 Å². The Morgan fingerprint density at radius 1 is 1.19 bits per heavy atom. The van der Waals surface area contributed by atoms with Gasteiger partial charge in [0.1, 0.15) is 11.6 Å². The predicted molar refractivity (Wildman–Crippen MR) is 48.0 cm³/mol. The molecule has 0 aliphatic rings. The molecule has 6 heteroatoms. The fraction of sp³-hybridized carbons (Fsp3) is 0.100. The zero-order valence-electron chi connectivity index (χ0n) is 7.75. The van der Waals surface area contributed by atoms with Crippen molar-refractivity contribution in [3.8, 4) is 0 Å². The van der Waals surface area contributed by atoms with Crippen molar-refractivity contribution in [1.82, 2.24) is 0 Å². The molecule has 1 aromatic rings. The third kappa shape index (κ3) is 3.08. The van der Waals surface area contributed by atoms with E-state index in [4.69, 9.17) is 5.11 Å². The van der Waals surface area contributed by atoms with Crippen molar-refractivity contribution in [2.45, 2.75) is 5.92 Å². The second kappa shape index (κ2) is 4.34. The molecule has 16 heavy (non-hydrogen) atoms. The van der Waals surface area contributed by atoms with Gasteiger partial charge in [-0.2, -0.15) is 8.78 Å². The second-order valence-electron chi connectivity index (χ2n) is 2.96. The monoisotopic (exact) mass is 234 g/mol. The zero-order chi connectivity index (χ0) is 12.3. The molecule has 0 aliphatic heterocycles. The minimum absolute atomic E-state index is 0.0591. The quantitative estimate of drug-likeness (QED) is 0.816. The van der Waals surface area contributed by atoms with Crippen LogP contribution in [0, 0.1) is 11.6 Å². The van der Waals surface area contributed by atoms with Crippen LogP contribution < -0.4 is 0 Å². The third-order valence-electron chi connectivity index (χ3n) is 1.66. The summed E-state index contributed by atoms with van der Waals surface area (Å²) in [5.74, 6) is -8.26. The molecule has 0 spiro atoms. The molecule has 0 unspecified atom stereocenters. The largest absolute Gasteiger partial charge is 0.477 e. The summed E-state index contributed by atoms with van der Waals surface area (Å²) >= 11 is 0. The van der Waals surface area contributed by atoms with E-state index in [1.54, 1.807) is 0 Å². The molecule has 0 aromatic heterocycles. The number of hydrogen-bond acceptors (Lipinski definition) is 1. The van der Waals surface area contributed by atoms with Crippen molar-refractivity contribution < 1.29 is 27.5 Å². The number of rotatable bonds is 3. The summed E-state index contributed by atoms with van der Waals surface area (Å²) in [4.78, 5) is 10.0. The molecular formula is C10H6F4O2. The highest BCUT2D eigenvalue weighted by molar-refractivity contribution is 5.79. The number of benzene rings is 1. The van der Waals surface area contributed by atoms with Gasteiger partial charge in [-0.15, -0.1) is 0 Å². The SMILES string of the molecule is O=C(O)C(F)(F)/C=C/c1cc(F)cc(F)c1. The lowest BCUT2D eigenvalue weighted by Gasteiger charge is -2.04. The van der Waals surface area contributed by atoms with Crippen LogP contribution in [0.5, 0.6) is 0 Å². The van der Waals surface area contributed by atoms with E-state index in [1.807, 2.05) is 0 Å². The number of hydrogen-bond donors (Lipinski definition) is 1. The molecule has 0 bridgehead atoms. The van der Waals surface area contributed by atoms with Crippen molar-refractivity contribution >= 4 is 12.0 Å². The third-order valence-corrected chi connectivity index (χ3v) is 1.66. The number of alkyl halides is 2. The topological polar surface area (TPSA) is 37.3 Å². The van der Waals surface area contributed by atoms with Crippen LogP contribution in [0.3, 0.4) is 0 Å². The first-order valence-corrected chi connectivity index (χ1v) is 4.08. The fourth-order valence-corrected chi connectivity index (χ4v) is 0.944. The normalized spacial score (nSPS) is 12.0. The summed E-state index contributed by atoms with van der Waals surface area (Å²) in [7, 11) is 0. The van der Waals surface area contributed by atoms with Gasteiger partial charge in [0.2, 0.25) is 0 Å². The number of halogens is 4.